The van der Waals surface area contributed by atoms with Gasteiger partial charge in [-0.3, -0.25) is 24.0 Å². The van der Waals surface area contributed by atoms with Crippen LogP contribution in [0.4, 0.5) is 10.5 Å². The molecule has 4 aromatic carbocycles. The van der Waals surface area contributed by atoms with E-state index in [-0.39, 0.29) is 25.9 Å². The van der Waals surface area contributed by atoms with Crippen LogP contribution in [0.1, 0.15) is 71.9 Å². The van der Waals surface area contributed by atoms with E-state index < -0.39 is 71.5 Å². The molecule has 4 N–H and O–H groups in total. The van der Waals surface area contributed by atoms with Crippen LogP contribution in [0.25, 0.3) is 10.8 Å². The van der Waals surface area contributed by atoms with Crippen molar-refractivity contribution in [2.24, 2.45) is 0 Å². The van der Waals surface area contributed by atoms with Gasteiger partial charge >= 0.3 is 18.0 Å². The highest BCUT2D eigenvalue weighted by Gasteiger charge is 2.33. The van der Waals surface area contributed by atoms with Crippen LogP contribution in [0.3, 0.4) is 0 Å². The molecule has 0 heterocycles. The number of rotatable bonds is 16. The molecule has 4 aromatic rings. The molecule has 0 saturated heterocycles. The van der Waals surface area contributed by atoms with Crippen molar-refractivity contribution in [3.8, 4) is 0 Å². The van der Waals surface area contributed by atoms with Gasteiger partial charge in [0.15, 0.2) is 0 Å². The summed E-state index contributed by atoms with van der Waals surface area (Å²) in [5.74, 6) is -3.74. The highest BCUT2D eigenvalue weighted by Crippen LogP contribution is 2.21. The molecule has 302 valence electrons. The summed E-state index contributed by atoms with van der Waals surface area (Å²) in [5, 5.41) is 12.4. The van der Waals surface area contributed by atoms with Crippen LogP contribution in [0.15, 0.2) is 103 Å². The number of hydrogen-bond acceptors (Lipinski definition) is 9. The number of benzene rings is 4. The zero-order valence-corrected chi connectivity index (χ0v) is 33.3. The van der Waals surface area contributed by atoms with Crippen molar-refractivity contribution in [1.29, 1.82) is 0 Å². The molecule has 0 unspecified atom stereocenters. The minimum absolute atomic E-state index is 0.00754. The lowest BCUT2D eigenvalue weighted by Crippen LogP contribution is -2.57. The van der Waals surface area contributed by atoms with Gasteiger partial charge in [0.25, 0.3) is 0 Å². The van der Waals surface area contributed by atoms with Gasteiger partial charge < -0.3 is 35.5 Å². The first kappa shape index (κ1) is 43.5. The Labute approximate surface area is 333 Å². The number of carbonyl (C=O) groups excluding carboxylic acids is 6. The van der Waals surface area contributed by atoms with E-state index in [1.165, 1.54) is 0 Å². The number of esters is 2. The van der Waals surface area contributed by atoms with Crippen molar-refractivity contribution in [3.63, 3.8) is 0 Å². The fourth-order valence-electron chi connectivity index (χ4n) is 5.78. The van der Waals surface area contributed by atoms with Gasteiger partial charge in [0.05, 0.1) is 6.42 Å². The number of hydrogen-bond donors (Lipinski definition) is 4. The molecule has 0 aliphatic rings. The second-order valence-electron chi connectivity index (χ2n) is 15.5. The van der Waals surface area contributed by atoms with Gasteiger partial charge in [-0.1, -0.05) is 91.0 Å². The van der Waals surface area contributed by atoms with Gasteiger partial charge in [-0.15, -0.1) is 0 Å². The Hall–Kier alpha value is -6.24. The molecule has 0 radical (unpaired) electrons. The monoisotopic (exact) mass is 780 g/mol. The Morgan fingerprint density at radius 3 is 1.81 bits per heavy atom. The average Bonchev–Trinajstić information content (AvgIpc) is 3.14. The largest absolute Gasteiger partial charge is 0.460 e. The van der Waals surface area contributed by atoms with E-state index in [1.807, 2.05) is 48.5 Å². The first-order valence-corrected chi connectivity index (χ1v) is 18.8. The van der Waals surface area contributed by atoms with Gasteiger partial charge in [-0.05, 0) is 82.0 Å². The minimum Gasteiger partial charge on any atom is -0.460 e. The summed E-state index contributed by atoms with van der Waals surface area (Å²) in [6, 6.07) is 26.5. The first-order valence-electron chi connectivity index (χ1n) is 18.8. The number of carbonyl (C=O) groups is 6. The third-order valence-electron chi connectivity index (χ3n) is 8.28. The third kappa shape index (κ3) is 15.1. The van der Waals surface area contributed by atoms with Gasteiger partial charge in [0.2, 0.25) is 17.7 Å². The molecule has 0 aliphatic heterocycles. The van der Waals surface area contributed by atoms with Gasteiger partial charge in [0, 0.05) is 18.5 Å². The zero-order chi connectivity index (χ0) is 41.6. The molecule has 4 amide bonds. The maximum absolute atomic E-state index is 14.2. The van der Waals surface area contributed by atoms with E-state index in [9.17, 15) is 28.8 Å². The molecule has 0 saturated carbocycles. The number of ether oxygens (including phenoxy) is 3. The molecule has 0 spiro atoms. The minimum atomic E-state index is -1.57. The van der Waals surface area contributed by atoms with Crippen LogP contribution in [0.2, 0.25) is 0 Å². The maximum Gasteiger partial charge on any atom is 0.408 e. The Morgan fingerprint density at radius 1 is 0.579 bits per heavy atom. The van der Waals surface area contributed by atoms with Crippen LogP contribution in [0, 0.1) is 0 Å². The fourth-order valence-corrected chi connectivity index (χ4v) is 5.78. The first-order chi connectivity index (χ1) is 27.0. The van der Waals surface area contributed by atoms with E-state index >= 15 is 0 Å². The standard InChI is InChI=1S/C44H52N4O9/c1-43(2,3)56-37(49)25-24-34(39(51)45-32-21-11-8-12-22-32)46-41(53)36(27-38(50)57-44(4,5)6)47-40(52)35(48-42(54)55-28-29-16-9-7-10-17-29)26-31-20-15-19-30-18-13-14-23-33(30)31/h7-23,34-36H,24-28H2,1-6H3,(H,45,51)(H,46,53)(H,47,52)(H,48,54)/t34-,35-,36-/m0/s1. The highest BCUT2D eigenvalue weighted by atomic mass is 16.6. The number of amides is 4. The lowest BCUT2D eigenvalue weighted by molar-refractivity contribution is -0.156. The molecule has 0 aliphatic carbocycles. The quantitative estimate of drug-likeness (QED) is 0.0768. The molecule has 13 heteroatoms. The SMILES string of the molecule is CC(C)(C)OC(=O)CC[C@H](NC(=O)[C@H](CC(=O)OC(C)(C)C)NC(=O)[C@H](Cc1cccc2ccccc12)NC(=O)OCc1ccccc1)C(=O)Nc1ccccc1. The van der Waals surface area contributed by atoms with Crippen LogP contribution in [-0.4, -0.2) is 65.1 Å². The summed E-state index contributed by atoms with van der Waals surface area (Å²) in [6.45, 7) is 10.0. The van der Waals surface area contributed by atoms with Crippen molar-refractivity contribution < 1.29 is 43.0 Å². The fraction of sp³-hybridized carbons (Fsp3) is 0.364. The molecule has 4 rings (SSSR count). The zero-order valence-electron chi connectivity index (χ0n) is 33.3. The van der Waals surface area contributed by atoms with E-state index in [2.05, 4.69) is 21.3 Å². The number of fused-ring (bicyclic) bond motifs is 1. The lowest BCUT2D eigenvalue weighted by atomic mass is 9.98. The van der Waals surface area contributed by atoms with Crippen molar-refractivity contribution in [2.75, 3.05) is 5.32 Å². The van der Waals surface area contributed by atoms with Crippen LogP contribution in [-0.2, 0) is 51.2 Å². The number of anilines is 1. The summed E-state index contributed by atoms with van der Waals surface area (Å²) >= 11 is 0. The summed E-state index contributed by atoms with van der Waals surface area (Å²) in [4.78, 5) is 81.0. The van der Waals surface area contributed by atoms with Gasteiger partial charge in [-0.25, -0.2) is 4.79 Å². The second-order valence-corrected chi connectivity index (χ2v) is 15.5. The topological polar surface area (TPSA) is 178 Å². The summed E-state index contributed by atoms with van der Waals surface area (Å²) in [7, 11) is 0. The van der Waals surface area contributed by atoms with Crippen molar-refractivity contribution >= 4 is 52.2 Å². The Bertz CT molecular complexity index is 2000. The second kappa shape index (κ2) is 20.1. The van der Waals surface area contributed by atoms with Crippen LogP contribution in [0.5, 0.6) is 0 Å². The predicted octanol–water partition coefficient (Wildman–Crippen LogP) is 6.14. The average molecular weight is 781 g/mol. The summed E-state index contributed by atoms with van der Waals surface area (Å²) < 4.78 is 16.4. The normalized spacial score (nSPS) is 12.9. The molecule has 3 atom stereocenters. The Kier molecular flexibility index (Phi) is 15.3. The number of alkyl carbamates (subject to hydrolysis) is 1. The third-order valence-corrected chi connectivity index (χ3v) is 8.28. The number of nitrogens with one attached hydrogen (secondary N) is 4. The molecular formula is C44H52N4O9. The Morgan fingerprint density at radius 2 is 1.14 bits per heavy atom. The van der Waals surface area contributed by atoms with Gasteiger partial charge in [-0.2, -0.15) is 0 Å². The molecule has 0 bridgehead atoms. The molecule has 57 heavy (non-hydrogen) atoms. The van der Waals surface area contributed by atoms with Crippen molar-refractivity contribution in [3.05, 3.63) is 114 Å². The predicted molar refractivity (Wildman–Crippen MR) is 216 cm³/mol. The maximum atomic E-state index is 14.2. The highest BCUT2D eigenvalue weighted by molar-refractivity contribution is 6.00. The van der Waals surface area contributed by atoms with E-state index in [0.717, 1.165) is 21.9 Å². The molecular weight excluding hydrogens is 729 g/mol. The molecule has 0 fully saturated rings. The van der Waals surface area contributed by atoms with E-state index in [1.54, 1.807) is 96.1 Å². The van der Waals surface area contributed by atoms with Crippen molar-refractivity contribution in [2.45, 2.75) is 103 Å². The molecule has 13 nitrogen and oxygen atoms in total. The van der Waals surface area contributed by atoms with Crippen LogP contribution >= 0.6 is 0 Å². The lowest BCUT2D eigenvalue weighted by Gasteiger charge is -2.26. The van der Waals surface area contributed by atoms with Gasteiger partial charge in [0.1, 0.15) is 35.9 Å². The van der Waals surface area contributed by atoms with E-state index in [4.69, 9.17) is 14.2 Å². The van der Waals surface area contributed by atoms with Crippen LogP contribution < -0.4 is 21.3 Å². The van der Waals surface area contributed by atoms with Crippen molar-refractivity contribution in [1.82, 2.24) is 16.0 Å². The summed E-state index contributed by atoms with van der Waals surface area (Å²) in [5.41, 5.74) is 0.197. The number of para-hydroxylation sites is 1. The van der Waals surface area contributed by atoms with E-state index in [0.29, 0.717) is 5.69 Å². The molecule has 0 aromatic heterocycles. The Balaban J connectivity index is 1.62. The smallest absolute Gasteiger partial charge is 0.408 e. The summed E-state index contributed by atoms with van der Waals surface area (Å²) in [6.07, 6.45) is -1.90.